The third-order valence-electron chi connectivity index (χ3n) is 3.10. The average molecular weight is 269 g/mol. The third kappa shape index (κ3) is 3.41. The maximum Gasteiger partial charge on any atom is 0.238 e. The van der Waals surface area contributed by atoms with Gasteiger partial charge >= 0.3 is 0 Å². The van der Waals surface area contributed by atoms with Gasteiger partial charge in [-0.15, -0.1) is 0 Å². The van der Waals surface area contributed by atoms with Crippen LogP contribution in [-0.2, 0) is 4.79 Å². The standard InChI is InChI=1S/C12H17ClN4O/c13-12-10(2-1-4-15-12)16-11(18)8-17-5-3-9(6-14)7-17/h1-2,4,9H,3,5-8,14H2,(H,16,18). The van der Waals surface area contributed by atoms with Crippen molar-refractivity contribution < 1.29 is 4.79 Å². The van der Waals surface area contributed by atoms with Gasteiger partial charge in [-0.2, -0.15) is 0 Å². The van der Waals surface area contributed by atoms with E-state index < -0.39 is 0 Å². The molecule has 1 aliphatic rings. The Kier molecular flexibility index (Phi) is 4.52. The zero-order valence-corrected chi connectivity index (χ0v) is 10.9. The van der Waals surface area contributed by atoms with Crippen LogP contribution in [0.5, 0.6) is 0 Å². The van der Waals surface area contributed by atoms with E-state index >= 15 is 0 Å². The molecule has 5 nitrogen and oxygen atoms in total. The molecule has 6 heteroatoms. The highest BCUT2D eigenvalue weighted by atomic mass is 35.5. The fourth-order valence-electron chi connectivity index (χ4n) is 2.12. The third-order valence-corrected chi connectivity index (χ3v) is 3.40. The van der Waals surface area contributed by atoms with Crippen LogP contribution in [0.15, 0.2) is 18.3 Å². The van der Waals surface area contributed by atoms with E-state index in [1.54, 1.807) is 18.3 Å². The summed E-state index contributed by atoms with van der Waals surface area (Å²) in [5.74, 6) is 0.447. The monoisotopic (exact) mass is 268 g/mol. The molecule has 98 valence electrons. The second-order valence-corrected chi connectivity index (χ2v) is 4.87. The molecule has 3 N–H and O–H groups in total. The van der Waals surface area contributed by atoms with Gasteiger partial charge in [0.05, 0.1) is 12.2 Å². The number of nitrogens with zero attached hydrogens (tertiary/aromatic N) is 2. The first-order valence-corrected chi connectivity index (χ1v) is 6.39. The van der Waals surface area contributed by atoms with Gasteiger partial charge in [0.1, 0.15) is 0 Å². The van der Waals surface area contributed by atoms with Crippen molar-refractivity contribution in [3.63, 3.8) is 0 Å². The molecule has 1 amide bonds. The summed E-state index contributed by atoms with van der Waals surface area (Å²) in [5.41, 5.74) is 6.17. The Bertz CT molecular complexity index is 426. The van der Waals surface area contributed by atoms with Crippen molar-refractivity contribution in [2.24, 2.45) is 11.7 Å². The number of likely N-dealkylation sites (tertiary alicyclic amines) is 1. The SMILES string of the molecule is NCC1CCN(CC(=O)Nc2cccnc2Cl)C1. The van der Waals surface area contributed by atoms with Crippen molar-refractivity contribution in [3.05, 3.63) is 23.5 Å². The van der Waals surface area contributed by atoms with E-state index in [0.717, 1.165) is 19.5 Å². The molecule has 18 heavy (non-hydrogen) atoms. The number of rotatable bonds is 4. The number of pyridine rings is 1. The first-order valence-electron chi connectivity index (χ1n) is 6.02. The molecular formula is C12H17ClN4O. The lowest BCUT2D eigenvalue weighted by atomic mass is 10.1. The summed E-state index contributed by atoms with van der Waals surface area (Å²) in [7, 11) is 0. The van der Waals surface area contributed by atoms with E-state index in [0.29, 0.717) is 29.8 Å². The van der Waals surface area contributed by atoms with E-state index in [1.807, 2.05) is 0 Å². The Labute approximate surface area is 111 Å². The lowest BCUT2D eigenvalue weighted by Gasteiger charge is -2.15. The van der Waals surface area contributed by atoms with E-state index in [-0.39, 0.29) is 5.91 Å². The van der Waals surface area contributed by atoms with Gasteiger partial charge in [0, 0.05) is 12.7 Å². The number of nitrogens with two attached hydrogens (primary N) is 1. The van der Waals surface area contributed by atoms with E-state index in [1.165, 1.54) is 0 Å². The number of halogens is 1. The first kappa shape index (κ1) is 13.3. The van der Waals surface area contributed by atoms with Gasteiger partial charge in [0.25, 0.3) is 0 Å². The molecule has 1 atom stereocenters. The average Bonchev–Trinajstić information content (AvgIpc) is 2.80. The Hall–Kier alpha value is -1.17. The normalized spacial score (nSPS) is 20.0. The zero-order valence-electron chi connectivity index (χ0n) is 10.1. The van der Waals surface area contributed by atoms with Crippen molar-refractivity contribution in [1.82, 2.24) is 9.88 Å². The molecule has 2 heterocycles. The molecule has 1 aliphatic heterocycles. The summed E-state index contributed by atoms with van der Waals surface area (Å²) in [6, 6.07) is 3.47. The quantitative estimate of drug-likeness (QED) is 0.798. The van der Waals surface area contributed by atoms with Crippen molar-refractivity contribution in [3.8, 4) is 0 Å². The predicted octanol–water partition coefficient (Wildman–Crippen LogP) is 0.954. The highest BCUT2D eigenvalue weighted by molar-refractivity contribution is 6.32. The van der Waals surface area contributed by atoms with Crippen LogP contribution in [0.3, 0.4) is 0 Å². The predicted molar refractivity (Wildman–Crippen MR) is 71.5 cm³/mol. The van der Waals surface area contributed by atoms with Crippen LogP contribution in [-0.4, -0.2) is 42.0 Å². The van der Waals surface area contributed by atoms with Crippen LogP contribution >= 0.6 is 11.6 Å². The number of amides is 1. The number of nitrogens with one attached hydrogen (secondary N) is 1. The molecule has 0 bridgehead atoms. The Balaban J connectivity index is 1.84. The van der Waals surface area contributed by atoms with Gasteiger partial charge in [-0.25, -0.2) is 4.98 Å². The minimum Gasteiger partial charge on any atom is -0.330 e. The van der Waals surface area contributed by atoms with Crippen LogP contribution in [0.2, 0.25) is 5.15 Å². The summed E-state index contributed by atoms with van der Waals surface area (Å²) in [5, 5.41) is 3.08. The summed E-state index contributed by atoms with van der Waals surface area (Å²) >= 11 is 5.87. The van der Waals surface area contributed by atoms with E-state index in [2.05, 4.69) is 15.2 Å². The molecule has 2 rings (SSSR count). The topological polar surface area (TPSA) is 71.2 Å². The summed E-state index contributed by atoms with van der Waals surface area (Å²) in [6.07, 6.45) is 2.65. The van der Waals surface area contributed by atoms with Crippen molar-refractivity contribution >= 4 is 23.2 Å². The second-order valence-electron chi connectivity index (χ2n) is 4.52. The van der Waals surface area contributed by atoms with Gasteiger partial charge < -0.3 is 11.1 Å². The largest absolute Gasteiger partial charge is 0.330 e. The van der Waals surface area contributed by atoms with E-state index in [9.17, 15) is 4.79 Å². The molecule has 1 aromatic rings. The van der Waals surface area contributed by atoms with Crippen LogP contribution in [0, 0.1) is 5.92 Å². The Morgan fingerprint density at radius 1 is 1.67 bits per heavy atom. The Morgan fingerprint density at radius 2 is 2.50 bits per heavy atom. The molecule has 0 aliphatic carbocycles. The lowest BCUT2D eigenvalue weighted by molar-refractivity contribution is -0.117. The van der Waals surface area contributed by atoms with E-state index in [4.69, 9.17) is 17.3 Å². The number of anilines is 1. The fourth-order valence-corrected chi connectivity index (χ4v) is 2.29. The minimum absolute atomic E-state index is 0.0671. The van der Waals surface area contributed by atoms with Crippen LogP contribution in [0.4, 0.5) is 5.69 Å². The fraction of sp³-hybridized carbons (Fsp3) is 0.500. The molecule has 0 aromatic carbocycles. The molecule has 0 saturated carbocycles. The lowest BCUT2D eigenvalue weighted by Crippen LogP contribution is -2.32. The van der Waals surface area contributed by atoms with Crippen molar-refractivity contribution in [2.75, 3.05) is 31.5 Å². The van der Waals surface area contributed by atoms with Gasteiger partial charge in [-0.05, 0) is 37.6 Å². The molecular weight excluding hydrogens is 252 g/mol. The zero-order chi connectivity index (χ0) is 13.0. The molecule has 1 unspecified atom stereocenters. The van der Waals surface area contributed by atoms with Crippen LogP contribution in [0.1, 0.15) is 6.42 Å². The summed E-state index contributed by atoms with van der Waals surface area (Å²) < 4.78 is 0. The van der Waals surface area contributed by atoms with Crippen molar-refractivity contribution in [1.29, 1.82) is 0 Å². The van der Waals surface area contributed by atoms with Gasteiger partial charge in [0.2, 0.25) is 5.91 Å². The summed E-state index contributed by atoms with van der Waals surface area (Å²) in [6.45, 7) is 2.88. The van der Waals surface area contributed by atoms with Gasteiger partial charge in [-0.1, -0.05) is 11.6 Å². The number of hydrogen-bond donors (Lipinski definition) is 2. The number of aromatic nitrogens is 1. The van der Waals surface area contributed by atoms with Gasteiger partial charge in [-0.3, -0.25) is 9.69 Å². The molecule has 0 radical (unpaired) electrons. The first-order chi connectivity index (χ1) is 8.69. The summed E-state index contributed by atoms with van der Waals surface area (Å²) in [4.78, 5) is 17.9. The molecule has 1 saturated heterocycles. The number of carbonyl (C=O) groups is 1. The molecule has 1 aromatic heterocycles. The van der Waals surface area contributed by atoms with Crippen LogP contribution < -0.4 is 11.1 Å². The maximum atomic E-state index is 11.8. The molecule has 1 fully saturated rings. The van der Waals surface area contributed by atoms with Gasteiger partial charge in [0.15, 0.2) is 5.15 Å². The minimum atomic E-state index is -0.0671. The second kappa shape index (κ2) is 6.13. The Morgan fingerprint density at radius 3 is 3.17 bits per heavy atom. The maximum absolute atomic E-state index is 11.8. The number of hydrogen-bond acceptors (Lipinski definition) is 4. The highest BCUT2D eigenvalue weighted by Crippen LogP contribution is 2.18. The molecule has 0 spiro atoms. The van der Waals surface area contributed by atoms with Crippen molar-refractivity contribution in [2.45, 2.75) is 6.42 Å². The highest BCUT2D eigenvalue weighted by Gasteiger charge is 2.22. The van der Waals surface area contributed by atoms with Crippen LogP contribution in [0.25, 0.3) is 0 Å². The number of carbonyl (C=O) groups excluding carboxylic acids is 1. The smallest absolute Gasteiger partial charge is 0.238 e.